The van der Waals surface area contributed by atoms with Gasteiger partial charge in [-0.15, -0.1) is 0 Å². The van der Waals surface area contributed by atoms with Gasteiger partial charge < -0.3 is 0 Å². The summed E-state index contributed by atoms with van der Waals surface area (Å²) < 4.78 is 1.67. The predicted molar refractivity (Wildman–Crippen MR) is 83.8 cm³/mol. The van der Waals surface area contributed by atoms with E-state index in [1.807, 2.05) is 52.0 Å². The molecule has 0 N–H and O–H groups in total. The first-order chi connectivity index (χ1) is 10.4. The van der Waals surface area contributed by atoms with Crippen LogP contribution in [0.5, 0.6) is 0 Å². The van der Waals surface area contributed by atoms with E-state index in [1.54, 1.807) is 4.68 Å². The minimum absolute atomic E-state index is 0.161. The van der Waals surface area contributed by atoms with Gasteiger partial charge in [0, 0.05) is 5.69 Å². The summed E-state index contributed by atoms with van der Waals surface area (Å²) in [5.74, 6) is -0.377. The van der Waals surface area contributed by atoms with Crippen LogP contribution in [0.4, 0.5) is 5.69 Å². The molecule has 0 saturated carbocycles. The lowest BCUT2D eigenvalue weighted by Gasteiger charge is -2.18. The number of imide groups is 1. The van der Waals surface area contributed by atoms with E-state index in [2.05, 4.69) is 5.10 Å². The number of rotatable bonds is 2. The standard InChI is InChI=1S/C17H19N3O2/c1-10-5-6-14(11(2)7-10)19-16(21)9-15(17(19)22)20-13(4)8-12(3)18-20/h5-8,15H,9H2,1-4H3. The number of anilines is 1. The Morgan fingerprint density at radius 2 is 1.82 bits per heavy atom. The first-order valence-corrected chi connectivity index (χ1v) is 7.35. The Balaban J connectivity index is 2.00. The zero-order valence-electron chi connectivity index (χ0n) is 13.3. The molecule has 114 valence electrons. The van der Waals surface area contributed by atoms with Crippen molar-refractivity contribution in [3.8, 4) is 0 Å². The third kappa shape index (κ3) is 2.22. The van der Waals surface area contributed by atoms with Gasteiger partial charge in [-0.05, 0) is 45.4 Å². The number of amides is 2. The molecule has 22 heavy (non-hydrogen) atoms. The van der Waals surface area contributed by atoms with Crippen molar-refractivity contribution < 1.29 is 9.59 Å². The smallest absolute Gasteiger partial charge is 0.259 e. The minimum Gasteiger partial charge on any atom is -0.274 e. The molecule has 2 aromatic rings. The first-order valence-electron chi connectivity index (χ1n) is 7.35. The first kappa shape index (κ1) is 14.5. The molecular weight excluding hydrogens is 278 g/mol. The van der Waals surface area contributed by atoms with Crippen LogP contribution in [0, 0.1) is 27.7 Å². The maximum Gasteiger partial charge on any atom is 0.259 e. The largest absolute Gasteiger partial charge is 0.274 e. The Labute approximate surface area is 129 Å². The molecule has 1 aliphatic rings. The van der Waals surface area contributed by atoms with Gasteiger partial charge in [0.2, 0.25) is 5.91 Å². The summed E-state index contributed by atoms with van der Waals surface area (Å²) in [5, 5.41) is 4.36. The molecule has 2 amide bonds. The summed E-state index contributed by atoms with van der Waals surface area (Å²) in [6.45, 7) is 7.69. The van der Waals surface area contributed by atoms with Crippen LogP contribution in [-0.2, 0) is 9.59 Å². The number of aromatic nitrogens is 2. The average molecular weight is 297 g/mol. The third-order valence-corrected chi connectivity index (χ3v) is 4.06. The highest BCUT2D eigenvalue weighted by atomic mass is 16.2. The third-order valence-electron chi connectivity index (χ3n) is 4.06. The quantitative estimate of drug-likeness (QED) is 0.801. The van der Waals surface area contributed by atoms with E-state index >= 15 is 0 Å². The van der Waals surface area contributed by atoms with Gasteiger partial charge in [0.05, 0.1) is 17.8 Å². The highest BCUT2D eigenvalue weighted by Crippen LogP contribution is 2.32. The number of benzene rings is 1. The average Bonchev–Trinajstić information content (AvgIpc) is 2.90. The van der Waals surface area contributed by atoms with Crippen LogP contribution in [0.3, 0.4) is 0 Å². The summed E-state index contributed by atoms with van der Waals surface area (Å²) in [5.41, 5.74) is 4.45. The van der Waals surface area contributed by atoms with E-state index in [4.69, 9.17) is 0 Å². The van der Waals surface area contributed by atoms with Gasteiger partial charge in [0.25, 0.3) is 5.91 Å². The van der Waals surface area contributed by atoms with Crippen molar-refractivity contribution in [3.05, 3.63) is 46.8 Å². The van der Waals surface area contributed by atoms with Crippen molar-refractivity contribution in [3.63, 3.8) is 0 Å². The number of nitrogens with zero attached hydrogens (tertiary/aromatic N) is 3. The van der Waals surface area contributed by atoms with Gasteiger partial charge in [-0.25, -0.2) is 4.90 Å². The van der Waals surface area contributed by atoms with Crippen LogP contribution >= 0.6 is 0 Å². The Hall–Kier alpha value is -2.43. The Bertz CT molecular complexity index is 776. The summed E-state index contributed by atoms with van der Waals surface area (Å²) in [4.78, 5) is 26.4. The molecule has 0 spiro atoms. The van der Waals surface area contributed by atoms with Crippen molar-refractivity contribution in [1.82, 2.24) is 9.78 Å². The molecule has 1 aromatic carbocycles. The lowest BCUT2D eigenvalue weighted by Crippen LogP contribution is -2.32. The second kappa shape index (κ2) is 5.09. The van der Waals surface area contributed by atoms with Crippen molar-refractivity contribution in [2.45, 2.75) is 40.2 Å². The Morgan fingerprint density at radius 1 is 1.09 bits per heavy atom. The molecule has 1 fully saturated rings. The highest BCUT2D eigenvalue weighted by molar-refractivity contribution is 6.22. The minimum atomic E-state index is -0.540. The van der Waals surface area contributed by atoms with Crippen LogP contribution < -0.4 is 4.90 Å². The Morgan fingerprint density at radius 3 is 2.41 bits per heavy atom. The van der Waals surface area contributed by atoms with Crippen LogP contribution in [0.15, 0.2) is 24.3 Å². The molecular formula is C17H19N3O2. The zero-order chi connectivity index (χ0) is 16.0. The van der Waals surface area contributed by atoms with E-state index in [0.29, 0.717) is 5.69 Å². The van der Waals surface area contributed by atoms with Crippen molar-refractivity contribution in [1.29, 1.82) is 0 Å². The SMILES string of the molecule is Cc1ccc(N2C(=O)CC(n3nc(C)cc3C)C2=O)c(C)c1. The molecule has 1 saturated heterocycles. The fourth-order valence-electron chi connectivity index (χ4n) is 3.08. The summed E-state index contributed by atoms with van der Waals surface area (Å²) in [6, 6.07) is 7.11. The molecule has 0 aliphatic carbocycles. The topological polar surface area (TPSA) is 55.2 Å². The maximum atomic E-state index is 12.8. The lowest BCUT2D eigenvalue weighted by molar-refractivity contribution is -0.122. The van der Waals surface area contributed by atoms with Crippen LogP contribution in [0.1, 0.15) is 35.0 Å². The van der Waals surface area contributed by atoms with Gasteiger partial charge in [0.1, 0.15) is 6.04 Å². The lowest BCUT2D eigenvalue weighted by atomic mass is 10.1. The number of carbonyl (C=O) groups is 2. The van der Waals surface area contributed by atoms with Crippen molar-refractivity contribution >= 4 is 17.5 Å². The van der Waals surface area contributed by atoms with E-state index in [1.165, 1.54) is 4.90 Å². The summed E-state index contributed by atoms with van der Waals surface area (Å²) >= 11 is 0. The zero-order valence-corrected chi connectivity index (χ0v) is 13.3. The molecule has 1 aromatic heterocycles. The van der Waals surface area contributed by atoms with Gasteiger partial charge in [-0.3, -0.25) is 14.3 Å². The second-order valence-electron chi connectivity index (χ2n) is 5.95. The van der Waals surface area contributed by atoms with Gasteiger partial charge >= 0.3 is 0 Å². The van der Waals surface area contributed by atoms with Gasteiger partial charge in [0.15, 0.2) is 0 Å². The number of carbonyl (C=O) groups excluding carboxylic acids is 2. The molecule has 1 atom stereocenters. The van der Waals surface area contributed by atoms with Crippen LogP contribution in [0.2, 0.25) is 0 Å². The highest BCUT2D eigenvalue weighted by Gasteiger charge is 2.42. The van der Waals surface area contributed by atoms with E-state index in [0.717, 1.165) is 22.5 Å². The van der Waals surface area contributed by atoms with Gasteiger partial charge in [-0.1, -0.05) is 17.7 Å². The maximum absolute atomic E-state index is 12.8. The molecule has 1 aliphatic heterocycles. The number of hydrogen-bond donors (Lipinski definition) is 0. The fourth-order valence-corrected chi connectivity index (χ4v) is 3.08. The van der Waals surface area contributed by atoms with Gasteiger partial charge in [-0.2, -0.15) is 5.10 Å². The fraction of sp³-hybridized carbons (Fsp3) is 0.353. The normalized spacial score (nSPS) is 18.4. The van der Waals surface area contributed by atoms with Crippen molar-refractivity contribution in [2.75, 3.05) is 4.90 Å². The monoisotopic (exact) mass is 297 g/mol. The van der Waals surface area contributed by atoms with E-state index < -0.39 is 6.04 Å². The molecule has 0 radical (unpaired) electrons. The van der Waals surface area contributed by atoms with Crippen LogP contribution in [0.25, 0.3) is 0 Å². The second-order valence-corrected chi connectivity index (χ2v) is 5.95. The van der Waals surface area contributed by atoms with Crippen molar-refractivity contribution in [2.24, 2.45) is 0 Å². The van der Waals surface area contributed by atoms with E-state index in [9.17, 15) is 9.59 Å². The predicted octanol–water partition coefficient (Wildman–Crippen LogP) is 2.62. The number of aryl methyl sites for hydroxylation is 4. The molecule has 2 heterocycles. The Kier molecular flexibility index (Phi) is 3.35. The molecule has 1 unspecified atom stereocenters. The molecule has 5 heteroatoms. The molecule has 0 bridgehead atoms. The molecule has 3 rings (SSSR count). The molecule has 5 nitrogen and oxygen atoms in total. The summed E-state index contributed by atoms with van der Waals surface area (Å²) in [7, 11) is 0. The van der Waals surface area contributed by atoms with Crippen LogP contribution in [-0.4, -0.2) is 21.6 Å². The van der Waals surface area contributed by atoms with E-state index in [-0.39, 0.29) is 18.2 Å². The summed E-state index contributed by atoms with van der Waals surface area (Å²) in [6.07, 6.45) is 0.161. The number of hydrogen-bond acceptors (Lipinski definition) is 3.